The Morgan fingerprint density at radius 3 is 2.66 bits per heavy atom. The summed E-state index contributed by atoms with van der Waals surface area (Å²) < 4.78 is 7.54. The smallest absolute Gasteiger partial charge is 0.227 e. The predicted molar refractivity (Wildman–Crippen MR) is 114 cm³/mol. The lowest BCUT2D eigenvalue weighted by Gasteiger charge is -2.28. The summed E-state index contributed by atoms with van der Waals surface area (Å²) in [6, 6.07) is 4.01. The van der Waals surface area contributed by atoms with Crippen molar-refractivity contribution in [3.8, 4) is 11.4 Å². The normalized spacial score (nSPS) is 14.4. The van der Waals surface area contributed by atoms with Crippen molar-refractivity contribution in [3.63, 3.8) is 0 Å². The SMILES string of the molecule is Cc1ncc(-c2ccnc(Nc3cnc(N4CCOCC4)c(Cl)c3)n2)n1C(C)C. The first-order valence-corrected chi connectivity index (χ1v) is 10.0. The Labute approximate surface area is 174 Å². The highest BCUT2D eigenvalue weighted by molar-refractivity contribution is 6.33. The lowest BCUT2D eigenvalue weighted by atomic mass is 10.2. The van der Waals surface area contributed by atoms with Gasteiger partial charge in [0.2, 0.25) is 5.95 Å². The molecule has 4 heterocycles. The molecule has 0 spiro atoms. The molecule has 1 fully saturated rings. The fourth-order valence-electron chi connectivity index (χ4n) is 3.49. The van der Waals surface area contributed by atoms with Gasteiger partial charge in [-0.1, -0.05) is 11.6 Å². The molecule has 3 aromatic heterocycles. The summed E-state index contributed by atoms with van der Waals surface area (Å²) >= 11 is 6.48. The second-order valence-corrected chi connectivity index (χ2v) is 7.58. The molecule has 1 N–H and O–H groups in total. The van der Waals surface area contributed by atoms with Crippen LogP contribution in [0.15, 0.2) is 30.7 Å². The molecule has 0 aromatic carbocycles. The summed E-state index contributed by atoms with van der Waals surface area (Å²) in [6.07, 6.45) is 5.32. The minimum atomic E-state index is 0.287. The summed E-state index contributed by atoms with van der Waals surface area (Å²) in [5.41, 5.74) is 2.50. The Hall–Kier alpha value is -2.71. The van der Waals surface area contributed by atoms with Gasteiger partial charge in [-0.05, 0) is 32.9 Å². The molecule has 8 nitrogen and oxygen atoms in total. The van der Waals surface area contributed by atoms with Crippen LogP contribution < -0.4 is 10.2 Å². The van der Waals surface area contributed by atoms with Gasteiger partial charge in [0.15, 0.2) is 0 Å². The van der Waals surface area contributed by atoms with Gasteiger partial charge in [-0.3, -0.25) is 0 Å². The lowest BCUT2D eigenvalue weighted by molar-refractivity contribution is 0.122. The van der Waals surface area contributed by atoms with Gasteiger partial charge in [-0.2, -0.15) is 0 Å². The first-order chi connectivity index (χ1) is 14.0. The molecule has 0 saturated carbocycles. The topological polar surface area (TPSA) is 81.0 Å². The Balaban J connectivity index is 1.56. The standard InChI is InChI=1S/C20H24ClN7O/c1-13(2)28-14(3)23-12-18(28)17-4-5-22-20(26-17)25-15-10-16(21)19(24-11-15)27-6-8-29-9-7-27/h4-5,10-13H,6-9H2,1-3H3,(H,22,25,26). The number of pyridine rings is 1. The first kappa shape index (κ1) is 19.6. The van der Waals surface area contributed by atoms with Crippen molar-refractivity contribution >= 4 is 29.1 Å². The van der Waals surface area contributed by atoms with E-state index in [9.17, 15) is 0 Å². The maximum Gasteiger partial charge on any atom is 0.227 e. The molecule has 0 amide bonds. The summed E-state index contributed by atoms with van der Waals surface area (Å²) in [7, 11) is 0. The van der Waals surface area contributed by atoms with Gasteiger partial charge in [0.1, 0.15) is 11.6 Å². The van der Waals surface area contributed by atoms with E-state index >= 15 is 0 Å². The average Bonchev–Trinajstić information content (AvgIpc) is 3.11. The molecular weight excluding hydrogens is 390 g/mol. The monoisotopic (exact) mass is 413 g/mol. The predicted octanol–water partition coefficient (Wildman–Crippen LogP) is 3.86. The minimum Gasteiger partial charge on any atom is -0.378 e. The number of nitrogens with zero attached hydrogens (tertiary/aromatic N) is 6. The minimum absolute atomic E-state index is 0.287. The Morgan fingerprint density at radius 1 is 1.14 bits per heavy atom. The van der Waals surface area contributed by atoms with Crippen LogP contribution in [-0.2, 0) is 4.74 Å². The van der Waals surface area contributed by atoms with E-state index in [0.717, 1.165) is 41.8 Å². The molecular formula is C20H24ClN7O. The van der Waals surface area contributed by atoms with Crippen LogP contribution in [0.25, 0.3) is 11.4 Å². The molecule has 0 unspecified atom stereocenters. The van der Waals surface area contributed by atoms with E-state index in [1.165, 1.54) is 0 Å². The number of aromatic nitrogens is 5. The zero-order valence-electron chi connectivity index (χ0n) is 16.8. The van der Waals surface area contributed by atoms with Crippen molar-refractivity contribution in [3.05, 3.63) is 41.6 Å². The number of halogens is 1. The summed E-state index contributed by atoms with van der Waals surface area (Å²) in [5, 5.41) is 3.78. The third-order valence-electron chi connectivity index (χ3n) is 4.80. The average molecular weight is 414 g/mol. The van der Waals surface area contributed by atoms with Gasteiger partial charge in [-0.15, -0.1) is 0 Å². The summed E-state index contributed by atoms with van der Waals surface area (Å²) in [5.74, 6) is 2.21. The molecule has 0 atom stereocenters. The van der Waals surface area contributed by atoms with Crippen molar-refractivity contribution in [1.29, 1.82) is 0 Å². The highest BCUT2D eigenvalue weighted by Crippen LogP contribution is 2.28. The maximum atomic E-state index is 6.48. The number of hydrogen-bond acceptors (Lipinski definition) is 7. The van der Waals surface area contributed by atoms with Gasteiger partial charge in [0.05, 0.1) is 47.7 Å². The van der Waals surface area contributed by atoms with E-state index in [0.29, 0.717) is 24.2 Å². The van der Waals surface area contributed by atoms with Crippen LogP contribution in [0, 0.1) is 6.92 Å². The Bertz CT molecular complexity index is 998. The highest BCUT2D eigenvalue weighted by Gasteiger charge is 2.17. The van der Waals surface area contributed by atoms with Crippen LogP contribution in [0.3, 0.4) is 0 Å². The van der Waals surface area contributed by atoms with Crippen LogP contribution in [0.1, 0.15) is 25.7 Å². The second kappa shape index (κ2) is 8.34. The number of ether oxygens (including phenoxy) is 1. The number of rotatable bonds is 5. The largest absolute Gasteiger partial charge is 0.378 e. The van der Waals surface area contributed by atoms with E-state index in [4.69, 9.17) is 16.3 Å². The molecule has 0 radical (unpaired) electrons. The van der Waals surface area contributed by atoms with Crippen molar-refractivity contribution in [2.24, 2.45) is 0 Å². The quantitative estimate of drug-likeness (QED) is 0.680. The molecule has 0 aliphatic carbocycles. The van der Waals surface area contributed by atoms with Gasteiger partial charge >= 0.3 is 0 Å². The van der Waals surface area contributed by atoms with Crippen LogP contribution in [0.4, 0.5) is 17.5 Å². The van der Waals surface area contributed by atoms with Gasteiger partial charge < -0.3 is 19.5 Å². The number of imidazole rings is 1. The van der Waals surface area contributed by atoms with Crippen molar-refractivity contribution in [2.45, 2.75) is 26.8 Å². The van der Waals surface area contributed by atoms with E-state index in [1.807, 2.05) is 25.3 Å². The third kappa shape index (κ3) is 4.18. The molecule has 9 heteroatoms. The van der Waals surface area contributed by atoms with Crippen molar-refractivity contribution < 1.29 is 4.74 Å². The summed E-state index contributed by atoms with van der Waals surface area (Å²) in [4.78, 5) is 20.1. The van der Waals surface area contributed by atoms with Crippen molar-refractivity contribution in [1.82, 2.24) is 24.5 Å². The number of nitrogens with one attached hydrogen (secondary N) is 1. The van der Waals surface area contributed by atoms with Crippen LogP contribution in [0.2, 0.25) is 5.02 Å². The Morgan fingerprint density at radius 2 is 1.93 bits per heavy atom. The summed E-state index contributed by atoms with van der Waals surface area (Å²) in [6.45, 7) is 9.19. The van der Waals surface area contributed by atoms with E-state index < -0.39 is 0 Å². The lowest BCUT2D eigenvalue weighted by Crippen LogP contribution is -2.36. The molecule has 4 rings (SSSR count). The van der Waals surface area contributed by atoms with E-state index in [-0.39, 0.29) is 6.04 Å². The van der Waals surface area contributed by atoms with E-state index in [1.54, 1.807) is 12.4 Å². The fourth-order valence-corrected chi connectivity index (χ4v) is 3.78. The highest BCUT2D eigenvalue weighted by atomic mass is 35.5. The number of hydrogen-bond donors (Lipinski definition) is 1. The maximum absolute atomic E-state index is 6.48. The van der Waals surface area contributed by atoms with Gasteiger partial charge in [-0.25, -0.2) is 19.9 Å². The van der Waals surface area contributed by atoms with Gasteiger partial charge in [0.25, 0.3) is 0 Å². The van der Waals surface area contributed by atoms with Gasteiger partial charge in [0, 0.05) is 25.3 Å². The second-order valence-electron chi connectivity index (χ2n) is 7.17. The first-order valence-electron chi connectivity index (χ1n) is 9.65. The zero-order chi connectivity index (χ0) is 20.4. The molecule has 0 bridgehead atoms. The van der Waals surface area contributed by atoms with Crippen LogP contribution >= 0.6 is 11.6 Å². The van der Waals surface area contributed by atoms with Crippen LogP contribution in [0.5, 0.6) is 0 Å². The third-order valence-corrected chi connectivity index (χ3v) is 5.08. The molecule has 1 saturated heterocycles. The number of anilines is 3. The van der Waals surface area contributed by atoms with Crippen molar-refractivity contribution in [2.75, 3.05) is 36.5 Å². The molecule has 1 aliphatic heterocycles. The van der Waals surface area contributed by atoms with Crippen LogP contribution in [-0.4, -0.2) is 50.8 Å². The molecule has 1 aliphatic rings. The van der Waals surface area contributed by atoms with E-state index in [2.05, 4.69) is 48.6 Å². The Kier molecular flexibility index (Phi) is 5.64. The number of morpholine rings is 1. The molecule has 3 aromatic rings. The number of aryl methyl sites for hydroxylation is 1. The molecule has 29 heavy (non-hydrogen) atoms. The molecule has 152 valence electrons. The zero-order valence-corrected chi connectivity index (χ0v) is 17.5. The fraction of sp³-hybridized carbons (Fsp3) is 0.400.